The number of carboxylic acid groups (broad SMARTS) is 1. The summed E-state index contributed by atoms with van der Waals surface area (Å²) in [7, 11) is 0. The second-order valence-corrected chi connectivity index (χ2v) is 9.45. The zero-order valence-electron chi connectivity index (χ0n) is 19.8. The van der Waals surface area contributed by atoms with Crippen LogP contribution in [0.15, 0.2) is 48.5 Å². The van der Waals surface area contributed by atoms with E-state index in [0.717, 1.165) is 28.7 Å². The smallest absolute Gasteiger partial charge is 0.407 e. The van der Waals surface area contributed by atoms with E-state index in [4.69, 9.17) is 4.74 Å². The molecule has 7 nitrogen and oxygen atoms in total. The van der Waals surface area contributed by atoms with Gasteiger partial charge in [0.1, 0.15) is 13.2 Å². The molecule has 1 fully saturated rings. The number of hydrogen-bond donors (Lipinski definition) is 2. The number of hydrogen-bond acceptors (Lipinski definition) is 4. The van der Waals surface area contributed by atoms with Crippen molar-refractivity contribution in [2.24, 2.45) is 5.41 Å². The SMILES string of the molecule is CCCN(CC(=O)O)C(=O)C1(C)CCCC1NC(=O)OCC1c2ccccc2-c2ccccc21. The summed E-state index contributed by atoms with van der Waals surface area (Å²) in [6.07, 6.45) is 2.15. The first kappa shape index (κ1) is 23.8. The molecule has 0 heterocycles. The van der Waals surface area contributed by atoms with E-state index in [1.165, 1.54) is 4.90 Å². The number of carbonyl (C=O) groups excluding carboxylic acids is 2. The van der Waals surface area contributed by atoms with Crippen LogP contribution in [0.25, 0.3) is 11.1 Å². The predicted molar refractivity (Wildman–Crippen MR) is 128 cm³/mol. The predicted octanol–water partition coefficient (Wildman–Crippen LogP) is 4.41. The van der Waals surface area contributed by atoms with Gasteiger partial charge < -0.3 is 20.1 Å². The molecule has 1 saturated carbocycles. The van der Waals surface area contributed by atoms with Crippen LogP contribution in [0.4, 0.5) is 4.79 Å². The summed E-state index contributed by atoms with van der Waals surface area (Å²) in [6.45, 7) is 3.98. The minimum absolute atomic E-state index is 0.0367. The topological polar surface area (TPSA) is 95.9 Å². The van der Waals surface area contributed by atoms with E-state index in [1.807, 2.05) is 38.1 Å². The highest BCUT2D eigenvalue weighted by Gasteiger charge is 2.48. The first-order chi connectivity index (χ1) is 16.3. The average Bonchev–Trinajstić information content (AvgIpc) is 3.35. The van der Waals surface area contributed by atoms with Crippen LogP contribution in [0.2, 0.25) is 0 Å². The Balaban J connectivity index is 1.43. The average molecular weight is 465 g/mol. The summed E-state index contributed by atoms with van der Waals surface area (Å²) in [6, 6.07) is 15.9. The molecule has 7 heteroatoms. The number of nitrogens with zero attached hydrogens (tertiary/aromatic N) is 1. The Hall–Kier alpha value is -3.35. The van der Waals surface area contributed by atoms with Gasteiger partial charge in [0.05, 0.1) is 5.41 Å². The Morgan fingerprint density at radius 3 is 2.29 bits per heavy atom. The van der Waals surface area contributed by atoms with Crippen molar-refractivity contribution in [2.45, 2.75) is 51.5 Å². The molecule has 2 aliphatic carbocycles. The van der Waals surface area contributed by atoms with Gasteiger partial charge in [-0.05, 0) is 48.4 Å². The molecule has 2 amide bonds. The lowest BCUT2D eigenvalue weighted by molar-refractivity contribution is -0.150. The standard InChI is InChI=1S/C27H32N2O5/c1-3-15-29(16-24(30)31)25(32)27(2)14-8-13-23(27)28-26(33)34-17-22-20-11-6-4-9-18(20)19-10-5-7-12-21(19)22/h4-7,9-12,22-23H,3,8,13-17H2,1-2H3,(H,28,33)(H,30,31). The third kappa shape index (κ3) is 4.52. The Morgan fingerprint density at radius 2 is 1.71 bits per heavy atom. The van der Waals surface area contributed by atoms with Crippen LogP contribution < -0.4 is 5.32 Å². The van der Waals surface area contributed by atoms with Gasteiger partial charge in [0.2, 0.25) is 5.91 Å². The van der Waals surface area contributed by atoms with Crippen LogP contribution in [0.3, 0.4) is 0 Å². The van der Waals surface area contributed by atoms with Crippen molar-refractivity contribution in [2.75, 3.05) is 19.7 Å². The molecule has 2 unspecified atom stereocenters. The highest BCUT2D eigenvalue weighted by Crippen LogP contribution is 2.44. The number of aliphatic carboxylic acids is 1. The zero-order valence-corrected chi connectivity index (χ0v) is 19.8. The molecule has 0 radical (unpaired) electrons. The lowest BCUT2D eigenvalue weighted by Crippen LogP contribution is -2.53. The molecule has 4 rings (SSSR count). The molecule has 2 aromatic rings. The number of nitrogens with one attached hydrogen (secondary N) is 1. The summed E-state index contributed by atoms with van der Waals surface area (Å²) in [4.78, 5) is 38.8. The Bertz CT molecular complexity index is 1040. The van der Waals surface area contributed by atoms with Gasteiger partial charge >= 0.3 is 12.1 Å². The van der Waals surface area contributed by atoms with E-state index in [0.29, 0.717) is 25.8 Å². The number of benzene rings is 2. The molecule has 2 aromatic carbocycles. The van der Waals surface area contributed by atoms with Crippen LogP contribution in [0.1, 0.15) is 56.6 Å². The maximum absolute atomic E-state index is 13.3. The van der Waals surface area contributed by atoms with E-state index >= 15 is 0 Å². The maximum atomic E-state index is 13.3. The lowest BCUT2D eigenvalue weighted by Gasteiger charge is -2.35. The summed E-state index contributed by atoms with van der Waals surface area (Å²) in [5.74, 6) is -1.30. The Morgan fingerprint density at radius 1 is 1.09 bits per heavy atom. The van der Waals surface area contributed by atoms with E-state index in [-0.39, 0.29) is 25.0 Å². The van der Waals surface area contributed by atoms with Gasteiger partial charge in [0.25, 0.3) is 0 Å². The van der Waals surface area contributed by atoms with Gasteiger partial charge in [-0.25, -0.2) is 4.79 Å². The van der Waals surface area contributed by atoms with Gasteiger partial charge in [-0.3, -0.25) is 9.59 Å². The maximum Gasteiger partial charge on any atom is 0.407 e. The van der Waals surface area contributed by atoms with Crippen LogP contribution in [-0.4, -0.2) is 53.7 Å². The van der Waals surface area contributed by atoms with Crippen molar-refractivity contribution in [3.8, 4) is 11.1 Å². The van der Waals surface area contributed by atoms with Crippen molar-refractivity contribution in [1.82, 2.24) is 10.2 Å². The fourth-order valence-corrected chi connectivity index (χ4v) is 5.48. The molecule has 2 atom stereocenters. The van der Waals surface area contributed by atoms with Crippen molar-refractivity contribution >= 4 is 18.0 Å². The third-order valence-corrected chi connectivity index (χ3v) is 7.19. The van der Waals surface area contributed by atoms with E-state index in [2.05, 4.69) is 29.6 Å². The van der Waals surface area contributed by atoms with Crippen molar-refractivity contribution < 1.29 is 24.2 Å². The first-order valence-electron chi connectivity index (χ1n) is 12.0. The lowest BCUT2D eigenvalue weighted by atomic mass is 9.83. The van der Waals surface area contributed by atoms with Crippen molar-refractivity contribution in [3.05, 3.63) is 59.7 Å². The van der Waals surface area contributed by atoms with Gasteiger partial charge in [-0.1, -0.05) is 61.9 Å². The monoisotopic (exact) mass is 464 g/mol. The van der Waals surface area contributed by atoms with Gasteiger partial charge in [0.15, 0.2) is 0 Å². The summed E-state index contributed by atoms with van der Waals surface area (Å²) >= 11 is 0. The molecule has 2 N–H and O–H groups in total. The molecule has 0 spiro atoms. The fourth-order valence-electron chi connectivity index (χ4n) is 5.48. The van der Waals surface area contributed by atoms with E-state index < -0.39 is 23.5 Å². The molecule has 0 aromatic heterocycles. The summed E-state index contributed by atoms with van der Waals surface area (Å²) in [5, 5.41) is 12.1. The molecular weight excluding hydrogens is 432 g/mol. The van der Waals surface area contributed by atoms with Crippen LogP contribution >= 0.6 is 0 Å². The minimum atomic E-state index is -1.04. The van der Waals surface area contributed by atoms with Gasteiger partial charge in [-0.2, -0.15) is 0 Å². The summed E-state index contributed by atoms with van der Waals surface area (Å²) in [5.41, 5.74) is 3.75. The highest BCUT2D eigenvalue weighted by molar-refractivity contribution is 5.87. The van der Waals surface area contributed by atoms with Gasteiger partial charge in [0, 0.05) is 18.5 Å². The number of fused-ring (bicyclic) bond motifs is 3. The normalized spacial score (nSPS) is 20.9. The van der Waals surface area contributed by atoms with Gasteiger partial charge in [-0.15, -0.1) is 0 Å². The molecule has 0 bridgehead atoms. The third-order valence-electron chi connectivity index (χ3n) is 7.19. The number of amides is 2. The molecular formula is C27H32N2O5. The molecule has 34 heavy (non-hydrogen) atoms. The molecule has 0 aliphatic heterocycles. The summed E-state index contributed by atoms with van der Waals surface area (Å²) < 4.78 is 5.68. The van der Waals surface area contributed by atoms with Crippen molar-refractivity contribution in [3.63, 3.8) is 0 Å². The zero-order chi connectivity index (χ0) is 24.3. The van der Waals surface area contributed by atoms with Crippen LogP contribution in [0, 0.1) is 5.41 Å². The number of carbonyl (C=O) groups is 3. The van der Waals surface area contributed by atoms with Crippen LogP contribution in [0.5, 0.6) is 0 Å². The number of ether oxygens (including phenoxy) is 1. The number of rotatable bonds is 8. The Kier molecular flexibility index (Phi) is 6.91. The largest absolute Gasteiger partial charge is 0.480 e. The quantitative estimate of drug-likeness (QED) is 0.603. The highest BCUT2D eigenvalue weighted by atomic mass is 16.5. The Labute approximate surface area is 200 Å². The second-order valence-electron chi connectivity index (χ2n) is 9.45. The first-order valence-corrected chi connectivity index (χ1v) is 12.0. The number of carboxylic acids is 1. The minimum Gasteiger partial charge on any atom is -0.480 e. The fraction of sp³-hybridized carbons (Fsp3) is 0.444. The van der Waals surface area contributed by atoms with E-state index in [1.54, 1.807) is 0 Å². The molecule has 180 valence electrons. The van der Waals surface area contributed by atoms with E-state index in [9.17, 15) is 19.5 Å². The van der Waals surface area contributed by atoms with Crippen molar-refractivity contribution in [1.29, 1.82) is 0 Å². The molecule has 0 saturated heterocycles. The second kappa shape index (κ2) is 9.87. The van der Waals surface area contributed by atoms with Crippen LogP contribution in [-0.2, 0) is 14.3 Å². The molecule has 2 aliphatic rings. The number of alkyl carbamates (subject to hydrolysis) is 1.